The zero-order valence-electron chi connectivity index (χ0n) is 23.8. The Bertz CT molecular complexity index is 1470. The number of nitrogens with zero attached hydrogens (tertiary/aromatic N) is 6. The summed E-state index contributed by atoms with van der Waals surface area (Å²) in [6, 6.07) is 9.11. The summed E-state index contributed by atoms with van der Waals surface area (Å²) in [5, 5.41) is 8.35. The van der Waals surface area contributed by atoms with Gasteiger partial charge in [0.2, 0.25) is 15.8 Å². The summed E-state index contributed by atoms with van der Waals surface area (Å²) in [5.74, 6) is 0.529. The molecular formula is C28H38N6O5S. The molecule has 40 heavy (non-hydrogen) atoms. The maximum Gasteiger partial charge on any atom is 0.376 e. The molecule has 1 aliphatic heterocycles. The summed E-state index contributed by atoms with van der Waals surface area (Å²) >= 11 is 0. The van der Waals surface area contributed by atoms with Crippen molar-refractivity contribution < 1.29 is 22.7 Å². The van der Waals surface area contributed by atoms with Crippen LogP contribution in [0.5, 0.6) is 5.75 Å². The van der Waals surface area contributed by atoms with Crippen molar-refractivity contribution in [3.05, 3.63) is 47.9 Å². The van der Waals surface area contributed by atoms with E-state index in [1.165, 1.54) is 17.7 Å². The molecule has 11 nitrogen and oxygen atoms in total. The van der Waals surface area contributed by atoms with Gasteiger partial charge in [-0.05, 0) is 49.4 Å². The number of piperazine rings is 1. The predicted molar refractivity (Wildman–Crippen MR) is 151 cm³/mol. The van der Waals surface area contributed by atoms with Crippen molar-refractivity contribution in [3.63, 3.8) is 0 Å². The van der Waals surface area contributed by atoms with Crippen LogP contribution in [0.4, 0.5) is 5.69 Å². The third kappa shape index (κ3) is 5.52. The largest absolute Gasteiger partial charge is 0.497 e. The monoisotopic (exact) mass is 570 g/mol. The molecule has 5 rings (SSSR count). The molecule has 12 heteroatoms. The molecule has 2 aliphatic rings. The van der Waals surface area contributed by atoms with Crippen LogP contribution in [0.3, 0.4) is 0 Å². The average molecular weight is 571 g/mol. The van der Waals surface area contributed by atoms with Crippen LogP contribution in [0.25, 0.3) is 5.65 Å². The fourth-order valence-corrected chi connectivity index (χ4v) is 7.10. The highest BCUT2D eigenvalue weighted by atomic mass is 32.2. The van der Waals surface area contributed by atoms with Gasteiger partial charge in [0.05, 0.1) is 19.9 Å². The SMILES string of the molecule is COC(=O)c1nnc2c(N3CCN(CC(C)C)CC3)cc(S(=O)(=O)N(Cc3ccc(OC)cc3)C3(C)CC3)cn12. The van der Waals surface area contributed by atoms with Crippen LogP contribution in [0, 0.1) is 5.92 Å². The highest BCUT2D eigenvalue weighted by Gasteiger charge is 2.49. The van der Waals surface area contributed by atoms with Gasteiger partial charge in [-0.15, -0.1) is 10.2 Å². The Morgan fingerprint density at radius 3 is 2.33 bits per heavy atom. The van der Waals surface area contributed by atoms with Crippen LogP contribution >= 0.6 is 0 Å². The lowest BCUT2D eigenvalue weighted by molar-refractivity contribution is 0.0585. The molecule has 1 saturated carbocycles. The van der Waals surface area contributed by atoms with Crippen molar-refractivity contribution in [1.29, 1.82) is 0 Å². The van der Waals surface area contributed by atoms with E-state index in [0.717, 1.165) is 38.0 Å². The van der Waals surface area contributed by atoms with Crippen LogP contribution in [-0.4, -0.2) is 90.7 Å². The van der Waals surface area contributed by atoms with Crippen molar-refractivity contribution in [1.82, 2.24) is 23.8 Å². The summed E-state index contributed by atoms with van der Waals surface area (Å²) in [4.78, 5) is 17.2. The molecule has 1 aliphatic carbocycles. The normalized spacial score (nSPS) is 17.5. The average Bonchev–Trinajstić information content (AvgIpc) is 3.54. The van der Waals surface area contributed by atoms with E-state index < -0.39 is 21.5 Å². The number of pyridine rings is 1. The second-order valence-corrected chi connectivity index (χ2v) is 13.2. The molecule has 0 atom stereocenters. The molecule has 2 aromatic heterocycles. The highest BCUT2D eigenvalue weighted by Crippen LogP contribution is 2.45. The Morgan fingerprint density at radius 2 is 1.75 bits per heavy atom. The molecule has 1 aromatic carbocycles. The van der Waals surface area contributed by atoms with Gasteiger partial charge in [-0.25, -0.2) is 13.2 Å². The number of hydrogen-bond donors (Lipinski definition) is 0. The molecule has 3 aromatic rings. The Kier molecular flexibility index (Phi) is 7.77. The number of anilines is 1. The molecule has 0 N–H and O–H groups in total. The second kappa shape index (κ2) is 11.0. The Labute approximate surface area is 235 Å². The van der Waals surface area contributed by atoms with E-state index in [-0.39, 0.29) is 17.3 Å². The molecule has 2 fully saturated rings. The zero-order chi connectivity index (χ0) is 28.7. The van der Waals surface area contributed by atoms with Crippen molar-refractivity contribution in [2.24, 2.45) is 5.92 Å². The predicted octanol–water partition coefficient (Wildman–Crippen LogP) is 3.05. The van der Waals surface area contributed by atoms with Gasteiger partial charge in [0.25, 0.3) is 0 Å². The first kappa shape index (κ1) is 28.3. The summed E-state index contributed by atoms with van der Waals surface area (Å²) < 4.78 is 42.0. The quantitative estimate of drug-likeness (QED) is 0.340. The number of carbonyl (C=O) groups is 1. The van der Waals surface area contributed by atoms with Gasteiger partial charge in [-0.1, -0.05) is 26.0 Å². The molecular weight excluding hydrogens is 532 g/mol. The standard InChI is InChI=1S/C28H38N6O5S/c1-20(2)17-31-12-14-32(15-13-31)24-16-23(19-33-25(24)29-30-26(33)27(35)39-5)40(36,37)34(28(3)10-11-28)18-21-6-8-22(38-4)9-7-21/h6-9,16,19-20H,10-15,17-18H2,1-5H3. The smallest absolute Gasteiger partial charge is 0.376 e. The Hall–Kier alpha value is -3.22. The van der Waals surface area contributed by atoms with Crippen LogP contribution in [-0.2, 0) is 21.3 Å². The van der Waals surface area contributed by atoms with Gasteiger partial charge >= 0.3 is 5.97 Å². The first-order valence-corrected chi connectivity index (χ1v) is 15.1. The first-order valence-electron chi connectivity index (χ1n) is 13.7. The van der Waals surface area contributed by atoms with E-state index in [0.29, 0.717) is 36.1 Å². The lowest BCUT2D eigenvalue weighted by Crippen LogP contribution is -2.47. The zero-order valence-corrected chi connectivity index (χ0v) is 24.6. The molecule has 0 unspecified atom stereocenters. The number of benzene rings is 1. The van der Waals surface area contributed by atoms with Crippen LogP contribution in [0.2, 0.25) is 0 Å². The lowest BCUT2D eigenvalue weighted by Gasteiger charge is -2.37. The molecule has 0 bridgehead atoms. The molecule has 1 saturated heterocycles. The van der Waals surface area contributed by atoms with Crippen LogP contribution < -0.4 is 9.64 Å². The number of ether oxygens (including phenoxy) is 2. The van der Waals surface area contributed by atoms with Gasteiger partial charge in [-0.3, -0.25) is 9.30 Å². The van der Waals surface area contributed by atoms with Crippen LogP contribution in [0.15, 0.2) is 41.4 Å². The van der Waals surface area contributed by atoms with Gasteiger partial charge in [0, 0.05) is 51.0 Å². The van der Waals surface area contributed by atoms with E-state index >= 15 is 0 Å². The second-order valence-electron chi connectivity index (χ2n) is 11.3. The maximum atomic E-state index is 14.4. The van der Waals surface area contributed by atoms with Crippen molar-refractivity contribution in [2.75, 3.05) is 51.8 Å². The molecule has 0 spiro atoms. The number of hydrogen-bond acceptors (Lipinski definition) is 9. The number of aromatic nitrogens is 3. The topological polar surface area (TPSA) is 110 Å². The summed E-state index contributed by atoms with van der Waals surface area (Å²) in [6.45, 7) is 10.7. The molecule has 216 valence electrons. The minimum absolute atomic E-state index is 0.0615. The fourth-order valence-electron chi connectivity index (χ4n) is 5.26. The Morgan fingerprint density at radius 1 is 1.07 bits per heavy atom. The lowest BCUT2D eigenvalue weighted by atomic mass is 10.2. The van der Waals surface area contributed by atoms with E-state index in [9.17, 15) is 13.2 Å². The fraction of sp³-hybridized carbons (Fsp3) is 0.536. The van der Waals surface area contributed by atoms with Crippen molar-refractivity contribution in [2.45, 2.75) is 50.6 Å². The summed E-state index contributed by atoms with van der Waals surface area (Å²) in [7, 11) is -1.11. The summed E-state index contributed by atoms with van der Waals surface area (Å²) in [6.07, 6.45) is 2.99. The van der Waals surface area contributed by atoms with E-state index in [1.807, 2.05) is 31.2 Å². The number of methoxy groups -OCH3 is 2. The van der Waals surface area contributed by atoms with Gasteiger partial charge in [0.1, 0.15) is 10.6 Å². The third-order valence-electron chi connectivity index (χ3n) is 7.81. The summed E-state index contributed by atoms with van der Waals surface area (Å²) in [5.41, 5.74) is 1.43. The molecule has 3 heterocycles. The van der Waals surface area contributed by atoms with Crippen LogP contribution in [0.1, 0.15) is 49.8 Å². The highest BCUT2D eigenvalue weighted by molar-refractivity contribution is 7.89. The number of rotatable bonds is 10. The Balaban J connectivity index is 1.56. The minimum Gasteiger partial charge on any atom is -0.497 e. The number of sulfonamides is 1. The van der Waals surface area contributed by atoms with Crippen molar-refractivity contribution >= 4 is 27.3 Å². The number of fused-ring (bicyclic) bond motifs is 1. The number of carbonyl (C=O) groups excluding carboxylic acids is 1. The molecule has 0 amide bonds. The first-order chi connectivity index (χ1) is 19.1. The van der Waals surface area contributed by atoms with Gasteiger partial charge < -0.3 is 14.4 Å². The van der Waals surface area contributed by atoms with E-state index in [2.05, 4.69) is 33.8 Å². The van der Waals surface area contributed by atoms with Gasteiger partial charge in [0.15, 0.2) is 5.65 Å². The number of esters is 1. The van der Waals surface area contributed by atoms with E-state index in [4.69, 9.17) is 9.47 Å². The minimum atomic E-state index is -3.98. The van der Waals surface area contributed by atoms with Gasteiger partial charge in [-0.2, -0.15) is 4.31 Å². The maximum absolute atomic E-state index is 14.4. The van der Waals surface area contributed by atoms with E-state index in [1.54, 1.807) is 17.5 Å². The van der Waals surface area contributed by atoms with Crippen molar-refractivity contribution in [3.8, 4) is 5.75 Å². The molecule has 0 radical (unpaired) electrons. The third-order valence-corrected chi connectivity index (χ3v) is 9.78.